The van der Waals surface area contributed by atoms with Crippen molar-refractivity contribution in [3.63, 3.8) is 0 Å². The van der Waals surface area contributed by atoms with Crippen LogP contribution in [0.4, 0.5) is 13.2 Å². The van der Waals surface area contributed by atoms with E-state index in [0.717, 1.165) is 25.0 Å². The van der Waals surface area contributed by atoms with Gasteiger partial charge in [-0.2, -0.15) is 13.2 Å². The number of carbonyl (C=O) groups excluding carboxylic acids is 2. The van der Waals surface area contributed by atoms with E-state index in [0.29, 0.717) is 12.8 Å². The lowest BCUT2D eigenvalue weighted by Gasteiger charge is -2.30. The first-order valence-electron chi connectivity index (χ1n) is 7.44. The second kappa shape index (κ2) is 6.22. The molecule has 0 spiro atoms. The Kier molecular flexibility index (Phi) is 4.68. The number of hydrogen-bond acceptors (Lipinski definition) is 2. The van der Waals surface area contributed by atoms with Gasteiger partial charge in [0.1, 0.15) is 5.54 Å². The van der Waals surface area contributed by atoms with E-state index < -0.39 is 23.2 Å². The van der Waals surface area contributed by atoms with Gasteiger partial charge < -0.3 is 11.1 Å². The standard InChI is InChI=1S/C16H19F3N2O2/c1-15(14(20)23,21-13(22)10-5-2-3-6-10)11-7-4-8-12(9-11)16(17,18)19/h4,7-10H,2-3,5-6H2,1H3,(H2,20,23)(H,21,22). The average molecular weight is 328 g/mol. The number of halogens is 3. The summed E-state index contributed by atoms with van der Waals surface area (Å²) in [6.45, 7) is 1.33. The molecule has 2 rings (SSSR count). The van der Waals surface area contributed by atoms with Crippen LogP contribution in [0.3, 0.4) is 0 Å². The van der Waals surface area contributed by atoms with E-state index in [1.54, 1.807) is 0 Å². The Bertz CT molecular complexity index is 610. The summed E-state index contributed by atoms with van der Waals surface area (Å²) >= 11 is 0. The molecule has 1 atom stereocenters. The molecule has 4 nitrogen and oxygen atoms in total. The number of alkyl halides is 3. The summed E-state index contributed by atoms with van der Waals surface area (Å²) in [7, 11) is 0. The minimum Gasteiger partial charge on any atom is -0.367 e. The third-order valence-corrected chi connectivity index (χ3v) is 4.36. The summed E-state index contributed by atoms with van der Waals surface area (Å²) in [6, 6.07) is 4.30. The van der Waals surface area contributed by atoms with Gasteiger partial charge in [-0.05, 0) is 37.5 Å². The van der Waals surface area contributed by atoms with Crippen LogP contribution in [0.1, 0.15) is 43.7 Å². The molecule has 0 aliphatic heterocycles. The van der Waals surface area contributed by atoms with Crippen molar-refractivity contribution in [2.24, 2.45) is 11.7 Å². The highest BCUT2D eigenvalue weighted by Gasteiger charge is 2.39. The summed E-state index contributed by atoms with van der Waals surface area (Å²) in [4.78, 5) is 24.1. The van der Waals surface area contributed by atoms with Gasteiger partial charge in [0.15, 0.2) is 0 Å². The van der Waals surface area contributed by atoms with Crippen molar-refractivity contribution in [1.82, 2.24) is 5.32 Å². The van der Waals surface area contributed by atoms with Crippen molar-refractivity contribution in [2.75, 3.05) is 0 Å². The van der Waals surface area contributed by atoms with E-state index in [-0.39, 0.29) is 17.4 Å². The molecule has 0 bridgehead atoms. The highest BCUT2D eigenvalue weighted by molar-refractivity contribution is 5.92. The minimum atomic E-state index is -4.54. The Morgan fingerprint density at radius 1 is 1.17 bits per heavy atom. The largest absolute Gasteiger partial charge is 0.416 e. The Hall–Kier alpha value is -2.05. The molecule has 0 heterocycles. The molecule has 1 unspecified atom stereocenters. The summed E-state index contributed by atoms with van der Waals surface area (Å²) in [5.41, 5.74) is 2.82. The van der Waals surface area contributed by atoms with Crippen LogP contribution < -0.4 is 11.1 Å². The first kappa shape index (κ1) is 17.3. The summed E-state index contributed by atoms with van der Waals surface area (Å²) in [5, 5.41) is 2.55. The number of benzene rings is 1. The molecule has 1 aromatic carbocycles. The minimum absolute atomic E-state index is 0.0196. The molecule has 0 aromatic heterocycles. The average Bonchev–Trinajstić information content (AvgIpc) is 3.00. The third-order valence-electron chi connectivity index (χ3n) is 4.36. The lowest BCUT2D eigenvalue weighted by molar-refractivity contribution is -0.138. The van der Waals surface area contributed by atoms with Crippen molar-refractivity contribution in [3.05, 3.63) is 35.4 Å². The van der Waals surface area contributed by atoms with Gasteiger partial charge in [0.2, 0.25) is 11.8 Å². The highest BCUT2D eigenvalue weighted by atomic mass is 19.4. The summed E-state index contributed by atoms with van der Waals surface area (Å²) in [6.07, 6.45) is -1.26. The van der Waals surface area contributed by atoms with Crippen molar-refractivity contribution in [1.29, 1.82) is 0 Å². The van der Waals surface area contributed by atoms with Crippen LogP contribution in [0.2, 0.25) is 0 Å². The first-order chi connectivity index (χ1) is 10.6. The number of nitrogens with two attached hydrogens (primary N) is 1. The van der Waals surface area contributed by atoms with Crippen LogP contribution in [0.25, 0.3) is 0 Å². The fourth-order valence-corrected chi connectivity index (χ4v) is 2.82. The molecule has 0 saturated heterocycles. The second-order valence-corrected chi connectivity index (χ2v) is 6.04. The van der Waals surface area contributed by atoms with Crippen LogP contribution in [0.5, 0.6) is 0 Å². The maximum absolute atomic E-state index is 12.9. The molecule has 3 N–H and O–H groups in total. The van der Waals surface area contributed by atoms with Crippen molar-refractivity contribution in [2.45, 2.75) is 44.3 Å². The third kappa shape index (κ3) is 3.65. The lowest BCUT2D eigenvalue weighted by Crippen LogP contribution is -2.54. The predicted octanol–water partition coefficient (Wildman–Crippen LogP) is 2.71. The number of primary amides is 1. The quantitative estimate of drug-likeness (QED) is 0.892. The zero-order valence-electron chi connectivity index (χ0n) is 12.7. The number of nitrogens with one attached hydrogen (secondary N) is 1. The van der Waals surface area contributed by atoms with E-state index in [4.69, 9.17) is 5.73 Å². The zero-order chi connectivity index (χ0) is 17.3. The number of carbonyl (C=O) groups is 2. The van der Waals surface area contributed by atoms with Crippen LogP contribution in [-0.4, -0.2) is 11.8 Å². The normalized spacial score (nSPS) is 18.4. The second-order valence-electron chi connectivity index (χ2n) is 6.04. The van der Waals surface area contributed by atoms with E-state index in [9.17, 15) is 22.8 Å². The Labute approximate surface area is 132 Å². The topological polar surface area (TPSA) is 72.2 Å². The molecule has 1 aliphatic carbocycles. The van der Waals surface area contributed by atoms with Crippen molar-refractivity contribution in [3.8, 4) is 0 Å². The number of amides is 2. The predicted molar refractivity (Wildman–Crippen MR) is 78.1 cm³/mol. The van der Waals surface area contributed by atoms with Gasteiger partial charge in [-0.15, -0.1) is 0 Å². The Balaban J connectivity index is 2.33. The molecule has 7 heteroatoms. The Morgan fingerprint density at radius 2 is 1.74 bits per heavy atom. The number of rotatable bonds is 4. The van der Waals surface area contributed by atoms with Gasteiger partial charge >= 0.3 is 6.18 Å². The van der Waals surface area contributed by atoms with Crippen LogP contribution in [0.15, 0.2) is 24.3 Å². The van der Waals surface area contributed by atoms with Crippen molar-refractivity contribution < 1.29 is 22.8 Å². The van der Waals surface area contributed by atoms with Gasteiger partial charge in [-0.1, -0.05) is 25.0 Å². The van der Waals surface area contributed by atoms with Gasteiger partial charge in [0.05, 0.1) is 5.56 Å². The van der Waals surface area contributed by atoms with E-state index in [1.807, 2.05) is 0 Å². The van der Waals surface area contributed by atoms with Gasteiger partial charge in [0, 0.05) is 5.92 Å². The molecule has 0 radical (unpaired) electrons. The fourth-order valence-electron chi connectivity index (χ4n) is 2.82. The fraction of sp³-hybridized carbons (Fsp3) is 0.500. The smallest absolute Gasteiger partial charge is 0.367 e. The molecule has 2 amide bonds. The summed E-state index contributed by atoms with van der Waals surface area (Å²) < 4.78 is 38.6. The van der Waals surface area contributed by atoms with Gasteiger partial charge in [-0.25, -0.2) is 0 Å². The molecule has 1 fully saturated rings. The van der Waals surface area contributed by atoms with Crippen LogP contribution >= 0.6 is 0 Å². The van der Waals surface area contributed by atoms with Crippen LogP contribution in [0, 0.1) is 5.92 Å². The van der Waals surface area contributed by atoms with E-state index in [2.05, 4.69) is 5.32 Å². The van der Waals surface area contributed by atoms with E-state index >= 15 is 0 Å². The molecular weight excluding hydrogens is 309 g/mol. The zero-order valence-corrected chi connectivity index (χ0v) is 12.7. The Morgan fingerprint density at radius 3 is 2.26 bits per heavy atom. The van der Waals surface area contributed by atoms with Gasteiger partial charge in [0.25, 0.3) is 0 Å². The maximum Gasteiger partial charge on any atom is 0.416 e. The first-order valence-corrected chi connectivity index (χ1v) is 7.44. The monoisotopic (exact) mass is 328 g/mol. The molecular formula is C16H19F3N2O2. The maximum atomic E-state index is 12.9. The highest BCUT2D eigenvalue weighted by Crippen LogP contribution is 2.33. The molecule has 23 heavy (non-hydrogen) atoms. The SMILES string of the molecule is CC(NC(=O)C1CCCC1)(C(N)=O)c1cccc(C(F)(F)F)c1. The molecule has 1 aliphatic rings. The lowest BCUT2D eigenvalue weighted by atomic mass is 9.89. The molecule has 1 saturated carbocycles. The molecule has 126 valence electrons. The summed E-state index contributed by atoms with van der Waals surface area (Å²) in [5.74, 6) is -1.47. The van der Waals surface area contributed by atoms with Crippen LogP contribution in [-0.2, 0) is 21.3 Å². The van der Waals surface area contributed by atoms with E-state index in [1.165, 1.54) is 19.1 Å². The van der Waals surface area contributed by atoms with Gasteiger partial charge in [-0.3, -0.25) is 9.59 Å². The number of hydrogen-bond donors (Lipinski definition) is 2. The van der Waals surface area contributed by atoms with Crippen molar-refractivity contribution >= 4 is 11.8 Å². The molecule has 1 aromatic rings.